The van der Waals surface area contributed by atoms with Gasteiger partial charge in [0.25, 0.3) is 11.8 Å². The molecule has 0 N–H and O–H groups in total. The van der Waals surface area contributed by atoms with Gasteiger partial charge in [0, 0.05) is 20.2 Å². The Morgan fingerprint density at radius 1 is 1.27 bits per heavy atom. The number of rotatable bonds is 8. The first-order valence-electron chi connectivity index (χ1n) is 9.66. The molecule has 0 unspecified atom stereocenters. The molecule has 0 spiro atoms. The number of nitrogens with zero attached hydrogens (tertiary/aromatic N) is 4. The number of aromatic nitrogens is 2. The summed E-state index contributed by atoms with van der Waals surface area (Å²) < 4.78 is 10.9. The van der Waals surface area contributed by atoms with Gasteiger partial charge in [-0.1, -0.05) is 12.1 Å². The molecule has 1 aliphatic rings. The quantitative estimate of drug-likeness (QED) is 0.528. The highest BCUT2D eigenvalue weighted by atomic mass is 32.1. The van der Waals surface area contributed by atoms with Crippen LogP contribution in [0.1, 0.15) is 28.4 Å². The topological polar surface area (TPSA) is 88.8 Å². The molecule has 30 heavy (non-hydrogen) atoms. The van der Waals surface area contributed by atoms with E-state index in [0.717, 1.165) is 11.3 Å². The molecule has 8 nitrogen and oxygen atoms in total. The van der Waals surface area contributed by atoms with Gasteiger partial charge in [-0.2, -0.15) is 0 Å². The molecule has 1 saturated heterocycles. The molecule has 0 aliphatic carbocycles. The van der Waals surface area contributed by atoms with E-state index >= 15 is 0 Å². The standard InChI is InChI=1S/C20H22N4O4S2/c1-27-10-9-23(13-17-21-22-18(28-17)15-6-3-11-29-15)19(25)14-5-2-8-24(14)20(26)16-7-4-12-30-16/h3-4,6-7,11-12,14H,2,5,8-10,13H2,1H3/t14-/m1/s1. The molecule has 3 aromatic heterocycles. The summed E-state index contributed by atoms with van der Waals surface area (Å²) in [5.41, 5.74) is 0. The van der Waals surface area contributed by atoms with Crippen LogP contribution in [0.2, 0.25) is 0 Å². The highest BCUT2D eigenvalue weighted by molar-refractivity contribution is 7.13. The number of likely N-dealkylation sites (tertiary alicyclic amines) is 1. The third-order valence-electron chi connectivity index (χ3n) is 4.93. The lowest BCUT2D eigenvalue weighted by Gasteiger charge is -2.29. The van der Waals surface area contributed by atoms with E-state index < -0.39 is 6.04 Å². The maximum Gasteiger partial charge on any atom is 0.264 e. The van der Waals surface area contributed by atoms with Crippen molar-refractivity contribution in [3.05, 3.63) is 45.8 Å². The Kier molecular flexibility index (Phi) is 6.56. The van der Waals surface area contributed by atoms with Gasteiger partial charge in [-0.05, 0) is 35.7 Å². The summed E-state index contributed by atoms with van der Waals surface area (Å²) in [6, 6.07) is 6.97. The molecule has 0 saturated carbocycles. The van der Waals surface area contributed by atoms with Crippen molar-refractivity contribution in [3.63, 3.8) is 0 Å². The number of carbonyl (C=O) groups excluding carboxylic acids is 2. The maximum absolute atomic E-state index is 13.4. The molecule has 10 heteroatoms. The Balaban J connectivity index is 1.49. The first-order valence-corrected chi connectivity index (χ1v) is 11.4. The molecule has 4 heterocycles. The van der Waals surface area contributed by atoms with Gasteiger partial charge >= 0.3 is 0 Å². The van der Waals surface area contributed by atoms with Crippen LogP contribution in [0.5, 0.6) is 0 Å². The summed E-state index contributed by atoms with van der Waals surface area (Å²) in [6.07, 6.45) is 1.44. The number of carbonyl (C=O) groups is 2. The van der Waals surface area contributed by atoms with Crippen LogP contribution in [-0.4, -0.2) is 64.7 Å². The fraction of sp³-hybridized carbons (Fsp3) is 0.400. The first-order chi connectivity index (χ1) is 14.7. The van der Waals surface area contributed by atoms with Crippen molar-refractivity contribution in [2.24, 2.45) is 0 Å². The Bertz CT molecular complexity index is 971. The number of thiophene rings is 2. The van der Waals surface area contributed by atoms with E-state index in [1.54, 1.807) is 23.0 Å². The number of methoxy groups -OCH3 is 1. The molecule has 0 radical (unpaired) electrons. The summed E-state index contributed by atoms with van der Waals surface area (Å²) in [7, 11) is 1.59. The second-order valence-corrected chi connectivity index (χ2v) is 8.76. The molecule has 0 aromatic carbocycles. The van der Waals surface area contributed by atoms with Crippen LogP contribution in [0.25, 0.3) is 10.8 Å². The van der Waals surface area contributed by atoms with Gasteiger partial charge < -0.3 is 19.0 Å². The van der Waals surface area contributed by atoms with Crippen LogP contribution >= 0.6 is 22.7 Å². The van der Waals surface area contributed by atoms with Crippen molar-refractivity contribution < 1.29 is 18.7 Å². The zero-order valence-corrected chi connectivity index (χ0v) is 18.2. The minimum Gasteiger partial charge on any atom is -0.418 e. The lowest BCUT2D eigenvalue weighted by molar-refractivity contribution is -0.136. The van der Waals surface area contributed by atoms with Crippen molar-refractivity contribution in [2.45, 2.75) is 25.4 Å². The largest absolute Gasteiger partial charge is 0.418 e. The summed E-state index contributed by atoms with van der Waals surface area (Å²) in [5, 5.41) is 12.0. The molecule has 1 fully saturated rings. The summed E-state index contributed by atoms with van der Waals surface area (Å²) >= 11 is 2.90. The molecular formula is C20H22N4O4S2. The predicted octanol–water partition coefficient (Wildman–Crippen LogP) is 3.14. The third-order valence-corrected chi connectivity index (χ3v) is 6.65. The average Bonchev–Trinajstić information content (AvgIpc) is 3.57. The van der Waals surface area contributed by atoms with Crippen molar-refractivity contribution >= 4 is 34.5 Å². The second-order valence-electron chi connectivity index (χ2n) is 6.86. The normalized spacial score (nSPS) is 16.2. The van der Waals surface area contributed by atoms with E-state index in [4.69, 9.17) is 9.15 Å². The molecule has 1 atom stereocenters. The summed E-state index contributed by atoms with van der Waals surface area (Å²) in [5.74, 6) is 0.585. The number of hydrogen-bond donors (Lipinski definition) is 0. The van der Waals surface area contributed by atoms with Crippen LogP contribution in [-0.2, 0) is 16.1 Å². The monoisotopic (exact) mass is 446 g/mol. The SMILES string of the molecule is COCCN(Cc1nnc(-c2cccs2)o1)C(=O)[C@H]1CCCN1C(=O)c1cccs1. The van der Waals surface area contributed by atoms with Crippen LogP contribution in [0.3, 0.4) is 0 Å². The zero-order chi connectivity index (χ0) is 20.9. The second kappa shape index (κ2) is 9.50. The lowest BCUT2D eigenvalue weighted by Crippen LogP contribution is -2.48. The fourth-order valence-corrected chi connectivity index (χ4v) is 4.79. The number of hydrogen-bond acceptors (Lipinski definition) is 8. The maximum atomic E-state index is 13.4. The fourth-order valence-electron chi connectivity index (χ4n) is 3.47. The predicted molar refractivity (Wildman–Crippen MR) is 113 cm³/mol. The van der Waals surface area contributed by atoms with Gasteiger partial charge in [0.05, 0.1) is 22.9 Å². The Labute approximate surface area is 182 Å². The van der Waals surface area contributed by atoms with Gasteiger partial charge in [0.2, 0.25) is 11.8 Å². The molecule has 3 aromatic rings. The highest BCUT2D eigenvalue weighted by Gasteiger charge is 2.37. The van der Waals surface area contributed by atoms with Crippen molar-refractivity contribution in [1.29, 1.82) is 0 Å². The van der Waals surface area contributed by atoms with E-state index in [9.17, 15) is 9.59 Å². The van der Waals surface area contributed by atoms with Crippen molar-refractivity contribution in [3.8, 4) is 10.8 Å². The van der Waals surface area contributed by atoms with Gasteiger partial charge in [0.15, 0.2) is 0 Å². The smallest absolute Gasteiger partial charge is 0.264 e. The molecule has 158 valence electrons. The summed E-state index contributed by atoms with van der Waals surface area (Å²) in [4.78, 5) is 31.1. The average molecular weight is 447 g/mol. The van der Waals surface area contributed by atoms with E-state index in [1.807, 2.05) is 29.0 Å². The van der Waals surface area contributed by atoms with Gasteiger partial charge in [-0.25, -0.2) is 0 Å². The minimum absolute atomic E-state index is 0.0923. The minimum atomic E-state index is -0.490. The van der Waals surface area contributed by atoms with E-state index in [0.29, 0.717) is 42.8 Å². The van der Waals surface area contributed by atoms with E-state index in [1.165, 1.54) is 22.7 Å². The first kappa shape index (κ1) is 20.7. The molecule has 1 aliphatic heterocycles. The van der Waals surface area contributed by atoms with Crippen LogP contribution in [0.15, 0.2) is 39.4 Å². The highest BCUT2D eigenvalue weighted by Crippen LogP contribution is 2.26. The van der Waals surface area contributed by atoms with Gasteiger partial charge in [0.1, 0.15) is 6.04 Å². The Morgan fingerprint density at radius 3 is 2.83 bits per heavy atom. The van der Waals surface area contributed by atoms with E-state index in [-0.39, 0.29) is 18.4 Å². The molecular weight excluding hydrogens is 424 g/mol. The molecule has 4 rings (SSSR count). The molecule has 0 bridgehead atoms. The molecule has 2 amide bonds. The van der Waals surface area contributed by atoms with Crippen molar-refractivity contribution in [2.75, 3.05) is 26.8 Å². The number of amides is 2. The number of ether oxygens (including phenoxy) is 1. The van der Waals surface area contributed by atoms with E-state index in [2.05, 4.69) is 10.2 Å². The van der Waals surface area contributed by atoms with Crippen LogP contribution in [0, 0.1) is 0 Å². The van der Waals surface area contributed by atoms with Crippen molar-refractivity contribution in [1.82, 2.24) is 20.0 Å². The van der Waals surface area contributed by atoms with Crippen LogP contribution in [0.4, 0.5) is 0 Å². The lowest BCUT2D eigenvalue weighted by atomic mass is 10.2. The Morgan fingerprint density at radius 2 is 2.10 bits per heavy atom. The Hall–Kier alpha value is -2.56. The summed E-state index contributed by atoms with van der Waals surface area (Å²) in [6.45, 7) is 1.51. The zero-order valence-electron chi connectivity index (χ0n) is 16.5. The van der Waals surface area contributed by atoms with Crippen LogP contribution < -0.4 is 0 Å². The van der Waals surface area contributed by atoms with Gasteiger partial charge in [-0.3, -0.25) is 9.59 Å². The van der Waals surface area contributed by atoms with Gasteiger partial charge in [-0.15, -0.1) is 32.9 Å². The third kappa shape index (κ3) is 4.45.